The zero-order valence-electron chi connectivity index (χ0n) is 12.3. The predicted octanol–water partition coefficient (Wildman–Crippen LogP) is 3.78. The van der Waals surface area contributed by atoms with Crippen LogP contribution in [0.5, 0.6) is 0 Å². The Bertz CT molecular complexity index is 607. The predicted molar refractivity (Wildman–Crippen MR) is 81.3 cm³/mol. The van der Waals surface area contributed by atoms with Crippen LogP contribution in [0.1, 0.15) is 36.3 Å². The Morgan fingerprint density at radius 1 is 1.29 bits per heavy atom. The second-order valence-electron chi connectivity index (χ2n) is 5.07. The van der Waals surface area contributed by atoms with Crippen molar-refractivity contribution >= 4 is 5.88 Å². The Morgan fingerprint density at radius 3 is 2.67 bits per heavy atom. The fraction of sp³-hybridized carbons (Fsp3) is 0.375. The summed E-state index contributed by atoms with van der Waals surface area (Å²) in [7, 11) is 0. The molecule has 21 heavy (non-hydrogen) atoms. The minimum absolute atomic E-state index is 0.0558. The quantitative estimate of drug-likeness (QED) is 0.622. The van der Waals surface area contributed by atoms with E-state index in [9.17, 15) is 10.1 Å². The van der Waals surface area contributed by atoms with E-state index in [-0.39, 0.29) is 11.9 Å². The van der Waals surface area contributed by atoms with Gasteiger partial charge in [-0.25, -0.2) is 0 Å². The molecule has 1 atom stereocenters. The van der Waals surface area contributed by atoms with Crippen LogP contribution < -0.4 is 5.32 Å². The maximum atomic E-state index is 10.8. The molecule has 0 spiro atoms. The fourth-order valence-electron chi connectivity index (χ4n) is 2.28. The van der Waals surface area contributed by atoms with E-state index in [0.717, 1.165) is 19.4 Å². The van der Waals surface area contributed by atoms with Crippen molar-refractivity contribution in [2.24, 2.45) is 0 Å². The van der Waals surface area contributed by atoms with E-state index in [2.05, 4.69) is 31.3 Å². The molecule has 0 aliphatic heterocycles. The lowest BCUT2D eigenvalue weighted by molar-refractivity contribution is -0.402. The molecule has 112 valence electrons. The van der Waals surface area contributed by atoms with Crippen LogP contribution in [-0.2, 0) is 6.42 Å². The number of aryl methyl sites for hydroxylation is 1. The Morgan fingerprint density at radius 2 is 2.05 bits per heavy atom. The summed E-state index contributed by atoms with van der Waals surface area (Å²) in [6.07, 6.45) is 1.74. The van der Waals surface area contributed by atoms with Crippen molar-refractivity contribution < 1.29 is 9.34 Å². The molecule has 1 N–H and O–H groups in total. The average Bonchev–Trinajstić information content (AvgIpc) is 2.95. The molecule has 2 rings (SSSR count). The normalized spacial score (nSPS) is 12.3. The summed E-state index contributed by atoms with van der Waals surface area (Å²) < 4.78 is 5.35. The van der Waals surface area contributed by atoms with E-state index >= 15 is 0 Å². The van der Waals surface area contributed by atoms with E-state index < -0.39 is 4.92 Å². The first-order chi connectivity index (χ1) is 10.1. The van der Waals surface area contributed by atoms with Crippen LogP contribution in [-0.4, -0.2) is 11.5 Å². The second-order valence-corrected chi connectivity index (χ2v) is 5.07. The largest absolute Gasteiger partial charge is 0.433 e. The smallest absolute Gasteiger partial charge is 0.404 e. The van der Waals surface area contributed by atoms with Crippen molar-refractivity contribution in [3.05, 3.63) is 63.4 Å². The molecule has 0 saturated carbocycles. The van der Waals surface area contributed by atoms with Crippen molar-refractivity contribution in [1.82, 2.24) is 5.32 Å². The highest BCUT2D eigenvalue weighted by atomic mass is 16.6. The first-order valence-corrected chi connectivity index (χ1v) is 7.13. The molecule has 1 heterocycles. The lowest BCUT2D eigenvalue weighted by Gasteiger charge is -2.17. The van der Waals surface area contributed by atoms with Gasteiger partial charge in [0, 0.05) is 0 Å². The summed E-state index contributed by atoms with van der Waals surface area (Å²) in [4.78, 5) is 10.2. The van der Waals surface area contributed by atoms with Crippen molar-refractivity contribution in [3.63, 3.8) is 0 Å². The van der Waals surface area contributed by atoms with Crippen LogP contribution >= 0.6 is 0 Å². The fourth-order valence-corrected chi connectivity index (χ4v) is 2.28. The SMILES string of the molecule is CCCNC(Cc1ccccc1C)c1ccc([N+](=O)[O-])o1. The molecule has 2 aromatic rings. The van der Waals surface area contributed by atoms with E-state index in [0.29, 0.717) is 5.76 Å². The molecule has 0 saturated heterocycles. The van der Waals surface area contributed by atoms with Crippen LogP contribution in [0, 0.1) is 17.0 Å². The summed E-state index contributed by atoms with van der Waals surface area (Å²) in [6.45, 7) is 4.99. The van der Waals surface area contributed by atoms with Crippen LogP contribution in [0.25, 0.3) is 0 Å². The molecule has 0 aliphatic carbocycles. The van der Waals surface area contributed by atoms with Crippen molar-refractivity contribution in [2.75, 3.05) is 6.54 Å². The maximum Gasteiger partial charge on any atom is 0.433 e. The third kappa shape index (κ3) is 3.92. The van der Waals surface area contributed by atoms with Crippen LogP contribution in [0.3, 0.4) is 0 Å². The molecular formula is C16H20N2O3. The number of nitrogens with one attached hydrogen (secondary N) is 1. The third-order valence-electron chi connectivity index (χ3n) is 3.46. The molecule has 1 unspecified atom stereocenters. The molecule has 0 amide bonds. The summed E-state index contributed by atoms with van der Waals surface area (Å²) in [6, 6.07) is 11.2. The maximum absolute atomic E-state index is 10.8. The van der Waals surface area contributed by atoms with Gasteiger partial charge in [0.2, 0.25) is 0 Å². The molecule has 0 fully saturated rings. The van der Waals surface area contributed by atoms with Crippen LogP contribution in [0.15, 0.2) is 40.8 Å². The van der Waals surface area contributed by atoms with Gasteiger partial charge in [0.15, 0.2) is 0 Å². The number of benzene rings is 1. The molecule has 1 aromatic heterocycles. The molecule has 5 nitrogen and oxygen atoms in total. The standard InChI is InChI=1S/C16H20N2O3/c1-3-10-17-14(11-13-7-5-4-6-12(13)2)15-8-9-16(21-15)18(19)20/h4-9,14,17H,3,10-11H2,1-2H3. The zero-order chi connectivity index (χ0) is 15.2. The van der Waals surface area contributed by atoms with Gasteiger partial charge in [-0.2, -0.15) is 0 Å². The highest BCUT2D eigenvalue weighted by molar-refractivity contribution is 5.28. The first-order valence-electron chi connectivity index (χ1n) is 7.13. The van der Waals surface area contributed by atoms with E-state index in [1.807, 2.05) is 12.1 Å². The third-order valence-corrected chi connectivity index (χ3v) is 3.46. The number of furan rings is 1. The van der Waals surface area contributed by atoms with Crippen molar-refractivity contribution in [3.8, 4) is 0 Å². The number of hydrogen-bond donors (Lipinski definition) is 1. The van der Waals surface area contributed by atoms with Gasteiger partial charge in [-0.1, -0.05) is 31.2 Å². The van der Waals surface area contributed by atoms with Gasteiger partial charge < -0.3 is 9.73 Å². The Hall–Kier alpha value is -2.14. The van der Waals surface area contributed by atoms with Gasteiger partial charge in [0.25, 0.3) is 0 Å². The molecule has 5 heteroatoms. The summed E-state index contributed by atoms with van der Waals surface area (Å²) in [5.41, 5.74) is 2.42. The van der Waals surface area contributed by atoms with Gasteiger partial charge in [-0.05, 0) is 43.5 Å². The van der Waals surface area contributed by atoms with Gasteiger partial charge >= 0.3 is 5.88 Å². The number of nitro groups is 1. The summed E-state index contributed by atoms with van der Waals surface area (Å²) in [5.74, 6) is 0.400. The number of hydrogen-bond acceptors (Lipinski definition) is 4. The molecular weight excluding hydrogens is 268 g/mol. The van der Waals surface area contributed by atoms with Crippen LogP contribution in [0.4, 0.5) is 5.88 Å². The topological polar surface area (TPSA) is 68.3 Å². The van der Waals surface area contributed by atoms with E-state index in [1.54, 1.807) is 6.07 Å². The van der Waals surface area contributed by atoms with E-state index in [4.69, 9.17) is 4.42 Å². The Balaban J connectivity index is 2.21. The lowest BCUT2D eigenvalue weighted by atomic mass is 9.99. The van der Waals surface area contributed by atoms with Gasteiger partial charge in [-0.3, -0.25) is 10.1 Å². The van der Waals surface area contributed by atoms with Crippen LogP contribution in [0.2, 0.25) is 0 Å². The zero-order valence-corrected chi connectivity index (χ0v) is 12.3. The summed E-state index contributed by atoms with van der Waals surface area (Å²) in [5, 5.41) is 14.2. The highest BCUT2D eigenvalue weighted by Crippen LogP contribution is 2.25. The monoisotopic (exact) mass is 288 g/mol. The minimum Gasteiger partial charge on any atom is -0.404 e. The molecule has 0 bridgehead atoms. The Kier molecular flexibility index (Phi) is 5.11. The minimum atomic E-state index is -0.506. The number of rotatable bonds is 7. The highest BCUT2D eigenvalue weighted by Gasteiger charge is 2.20. The summed E-state index contributed by atoms with van der Waals surface area (Å²) >= 11 is 0. The van der Waals surface area contributed by atoms with Crippen molar-refractivity contribution in [2.45, 2.75) is 32.7 Å². The lowest BCUT2D eigenvalue weighted by Crippen LogP contribution is -2.24. The van der Waals surface area contributed by atoms with Gasteiger partial charge in [0.05, 0.1) is 12.1 Å². The second kappa shape index (κ2) is 7.04. The van der Waals surface area contributed by atoms with E-state index in [1.165, 1.54) is 17.2 Å². The molecule has 0 aliphatic rings. The number of nitrogens with zero attached hydrogens (tertiary/aromatic N) is 1. The average molecular weight is 288 g/mol. The van der Waals surface area contributed by atoms with Crippen molar-refractivity contribution in [1.29, 1.82) is 0 Å². The Labute approximate surface area is 124 Å². The van der Waals surface area contributed by atoms with Gasteiger partial charge in [-0.15, -0.1) is 0 Å². The molecule has 0 radical (unpaired) electrons. The van der Waals surface area contributed by atoms with Gasteiger partial charge in [0.1, 0.15) is 10.7 Å². The molecule has 1 aromatic carbocycles. The first kappa shape index (κ1) is 15.3.